The fraction of sp³-hybridized carbons (Fsp3) is 0.194. The van der Waals surface area contributed by atoms with Gasteiger partial charge in [0.1, 0.15) is 22.8 Å². The molecule has 1 aliphatic rings. The fourth-order valence-electron chi connectivity index (χ4n) is 4.54. The average Bonchev–Trinajstić information content (AvgIpc) is 3.29. The van der Waals surface area contributed by atoms with E-state index in [1.807, 2.05) is 67.6 Å². The Morgan fingerprint density at radius 2 is 1.83 bits per heavy atom. The summed E-state index contributed by atoms with van der Waals surface area (Å²) in [5.74, 6) is 1.85. The van der Waals surface area contributed by atoms with Crippen LogP contribution in [-0.4, -0.2) is 24.1 Å². The zero-order valence-corrected chi connectivity index (χ0v) is 20.3. The Kier molecular flexibility index (Phi) is 6.74. The highest BCUT2D eigenvalue weighted by Gasteiger charge is 2.28. The number of aliphatic hydroxyl groups is 1. The molecule has 0 amide bonds. The van der Waals surface area contributed by atoms with Crippen LogP contribution >= 0.6 is 0 Å². The van der Waals surface area contributed by atoms with Crippen LogP contribution in [0.4, 0.5) is 0 Å². The molecule has 0 aliphatic carbocycles. The van der Waals surface area contributed by atoms with E-state index in [4.69, 9.17) is 19.0 Å². The summed E-state index contributed by atoms with van der Waals surface area (Å²) in [7, 11) is 0. The van der Waals surface area contributed by atoms with Gasteiger partial charge in [-0.05, 0) is 67.7 Å². The first-order valence-corrected chi connectivity index (χ1v) is 12.2. The van der Waals surface area contributed by atoms with Crippen LogP contribution in [0.2, 0.25) is 0 Å². The first kappa shape index (κ1) is 23.6. The van der Waals surface area contributed by atoms with Gasteiger partial charge in [0.05, 0.1) is 12.0 Å². The third kappa shape index (κ3) is 4.58. The van der Waals surface area contributed by atoms with Gasteiger partial charge in [-0.15, -0.1) is 0 Å². The van der Waals surface area contributed by atoms with Gasteiger partial charge in [-0.2, -0.15) is 0 Å². The van der Waals surface area contributed by atoms with E-state index in [1.54, 1.807) is 12.1 Å². The van der Waals surface area contributed by atoms with Crippen LogP contribution in [0.3, 0.4) is 0 Å². The molecule has 2 heterocycles. The summed E-state index contributed by atoms with van der Waals surface area (Å²) in [4.78, 5) is 13.8. The fourth-order valence-corrected chi connectivity index (χ4v) is 4.54. The molecule has 4 aromatic rings. The predicted octanol–water partition coefficient (Wildman–Crippen LogP) is 7.18. The molecule has 5 rings (SSSR count). The highest BCUT2D eigenvalue weighted by molar-refractivity contribution is 6.17. The quantitative estimate of drug-likeness (QED) is 0.203. The molecule has 5 nitrogen and oxygen atoms in total. The number of allylic oxidation sites excluding steroid dienone is 2. The van der Waals surface area contributed by atoms with Gasteiger partial charge in [0.15, 0.2) is 5.76 Å². The number of ketones is 1. The highest BCUT2D eigenvalue weighted by Crippen LogP contribution is 2.46. The number of unbranched alkanes of at least 4 members (excludes halogenated alkanes) is 2. The molecule has 0 spiro atoms. The smallest absolute Gasteiger partial charge is 0.229 e. The van der Waals surface area contributed by atoms with E-state index in [-0.39, 0.29) is 18.2 Å². The first-order chi connectivity index (χ1) is 17.6. The molecule has 0 unspecified atom stereocenters. The molecule has 0 atom stereocenters. The maximum atomic E-state index is 13.8. The number of hydrogen-bond donors (Lipinski definition) is 1. The largest absolute Gasteiger partial charge is 0.494 e. The lowest BCUT2D eigenvalue weighted by atomic mass is 9.94. The van der Waals surface area contributed by atoms with E-state index in [1.165, 1.54) is 0 Å². The Hall–Kier alpha value is -4.09. The standard InChI is InChI=1S/C31H28O5/c1-20-18-21(2)35-30-25(20)14-15-26-28(30)27(22-10-5-3-6-11-22)31(36-26)29(33)23-12-9-13-24(19-23)34-17-8-4-7-16-32/h3,5-6,9-15,18-19,32H,2,4,7-8,16-17H2,1H3. The lowest BCUT2D eigenvalue weighted by Crippen LogP contribution is -2.04. The van der Waals surface area contributed by atoms with Gasteiger partial charge in [0.2, 0.25) is 5.78 Å². The first-order valence-electron chi connectivity index (χ1n) is 12.2. The summed E-state index contributed by atoms with van der Waals surface area (Å²) in [6.45, 7) is 6.72. The lowest BCUT2D eigenvalue weighted by molar-refractivity contribution is 0.101. The minimum atomic E-state index is -0.230. The SMILES string of the molecule is C=C1C=C(C)c2ccc3oc(C(=O)c4cccc(OCCCCCO)c4)c(-c4ccccc4)c3c2O1. The molecule has 0 saturated carbocycles. The molecule has 0 saturated heterocycles. The summed E-state index contributed by atoms with van der Waals surface area (Å²) in [5.41, 5.74) is 4.61. The van der Waals surface area contributed by atoms with E-state index in [2.05, 4.69) is 6.58 Å². The lowest BCUT2D eigenvalue weighted by Gasteiger charge is -2.18. The zero-order valence-electron chi connectivity index (χ0n) is 20.3. The van der Waals surface area contributed by atoms with Gasteiger partial charge in [-0.1, -0.05) is 49.0 Å². The van der Waals surface area contributed by atoms with E-state index >= 15 is 0 Å². The second-order valence-corrected chi connectivity index (χ2v) is 8.87. The Morgan fingerprint density at radius 3 is 2.64 bits per heavy atom. The third-order valence-electron chi connectivity index (χ3n) is 6.28. The third-order valence-corrected chi connectivity index (χ3v) is 6.28. The molecule has 5 heteroatoms. The van der Waals surface area contributed by atoms with Crippen LogP contribution in [0.25, 0.3) is 27.7 Å². The number of ether oxygens (including phenoxy) is 2. The van der Waals surface area contributed by atoms with Crippen molar-refractivity contribution in [2.75, 3.05) is 13.2 Å². The molecule has 0 radical (unpaired) electrons. The number of rotatable bonds is 9. The molecule has 0 fully saturated rings. The van der Waals surface area contributed by atoms with Crippen molar-refractivity contribution >= 4 is 22.3 Å². The number of benzene rings is 3. The maximum absolute atomic E-state index is 13.8. The summed E-state index contributed by atoms with van der Waals surface area (Å²) in [5, 5.41) is 9.69. The summed E-state index contributed by atoms with van der Waals surface area (Å²) < 4.78 is 18.2. The van der Waals surface area contributed by atoms with Crippen molar-refractivity contribution in [3.05, 3.63) is 102 Å². The summed E-state index contributed by atoms with van der Waals surface area (Å²) >= 11 is 0. The van der Waals surface area contributed by atoms with Gasteiger partial charge in [0.25, 0.3) is 0 Å². The summed E-state index contributed by atoms with van der Waals surface area (Å²) in [6, 6.07) is 20.7. The van der Waals surface area contributed by atoms with E-state index < -0.39 is 0 Å². The van der Waals surface area contributed by atoms with Crippen LogP contribution < -0.4 is 9.47 Å². The normalized spacial score (nSPS) is 12.7. The van der Waals surface area contributed by atoms with Gasteiger partial charge < -0.3 is 19.0 Å². The van der Waals surface area contributed by atoms with E-state index in [0.717, 1.165) is 41.3 Å². The zero-order chi connectivity index (χ0) is 25.1. The van der Waals surface area contributed by atoms with Crippen molar-refractivity contribution in [1.29, 1.82) is 0 Å². The second kappa shape index (κ2) is 10.3. The molecule has 0 bridgehead atoms. The van der Waals surface area contributed by atoms with Crippen LogP contribution in [0.1, 0.15) is 47.9 Å². The van der Waals surface area contributed by atoms with Crippen molar-refractivity contribution in [2.24, 2.45) is 0 Å². The Bertz CT molecular complexity index is 1460. The minimum absolute atomic E-state index is 0.184. The van der Waals surface area contributed by atoms with Gasteiger partial charge >= 0.3 is 0 Å². The van der Waals surface area contributed by atoms with E-state index in [0.29, 0.717) is 40.6 Å². The number of furan rings is 1. The topological polar surface area (TPSA) is 68.9 Å². The number of aliphatic hydroxyl groups excluding tert-OH is 1. The van der Waals surface area contributed by atoms with Gasteiger partial charge in [0, 0.05) is 23.3 Å². The molecule has 3 aromatic carbocycles. The molecule has 1 aromatic heterocycles. The second-order valence-electron chi connectivity index (χ2n) is 8.87. The van der Waals surface area contributed by atoms with Crippen molar-refractivity contribution in [1.82, 2.24) is 0 Å². The minimum Gasteiger partial charge on any atom is -0.494 e. The average molecular weight is 481 g/mol. The number of hydrogen-bond acceptors (Lipinski definition) is 5. The number of carbonyl (C=O) groups excluding carboxylic acids is 1. The van der Waals surface area contributed by atoms with Crippen LogP contribution in [-0.2, 0) is 0 Å². The molecule has 1 N–H and O–H groups in total. The number of carbonyl (C=O) groups is 1. The molecule has 1 aliphatic heterocycles. The summed E-state index contributed by atoms with van der Waals surface area (Å²) in [6.07, 6.45) is 4.39. The molecular formula is C31H28O5. The molecule has 182 valence electrons. The predicted molar refractivity (Wildman–Crippen MR) is 141 cm³/mol. The van der Waals surface area contributed by atoms with Gasteiger partial charge in [-0.3, -0.25) is 4.79 Å². The Balaban J connectivity index is 1.58. The van der Waals surface area contributed by atoms with Gasteiger partial charge in [-0.25, -0.2) is 0 Å². The van der Waals surface area contributed by atoms with Crippen molar-refractivity contribution in [2.45, 2.75) is 26.2 Å². The van der Waals surface area contributed by atoms with Crippen LogP contribution in [0.15, 0.2) is 89.6 Å². The maximum Gasteiger partial charge on any atom is 0.229 e. The highest BCUT2D eigenvalue weighted by atomic mass is 16.5. The van der Waals surface area contributed by atoms with Crippen molar-refractivity contribution in [3.63, 3.8) is 0 Å². The van der Waals surface area contributed by atoms with Crippen LogP contribution in [0, 0.1) is 0 Å². The Labute approximate surface area is 210 Å². The molecule has 36 heavy (non-hydrogen) atoms. The van der Waals surface area contributed by atoms with Crippen molar-refractivity contribution in [3.8, 4) is 22.6 Å². The molecular weight excluding hydrogens is 452 g/mol. The van der Waals surface area contributed by atoms with Crippen LogP contribution in [0.5, 0.6) is 11.5 Å². The number of fused-ring (bicyclic) bond motifs is 3. The van der Waals surface area contributed by atoms with E-state index in [9.17, 15) is 4.79 Å². The Morgan fingerprint density at radius 1 is 1.00 bits per heavy atom. The van der Waals surface area contributed by atoms with Crippen molar-refractivity contribution < 1.29 is 23.8 Å². The monoisotopic (exact) mass is 480 g/mol.